The molecule has 1 aliphatic rings. The van der Waals surface area contributed by atoms with E-state index in [1.807, 2.05) is 4.90 Å². The van der Waals surface area contributed by atoms with Crippen LogP contribution in [0, 0.1) is 29.1 Å². The molecule has 0 aromatic heterocycles. The zero-order valence-electron chi connectivity index (χ0n) is 10.5. The molecule has 0 bridgehead atoms. The number of piperazine rings is 1. The van der Waals surface area contributed by atoms with Crippen LogP contribution < -0.4 is 10.1 Å². The van der Waals surface area contributed by atoms with Gasteiger partial charge in [0.05, 0.1) is 0 Å². The maximum absolute atomic E-state index is 13.3. The summed E-state index contributed by atoms with van der Waals surface area (Å²) in [6.45, 7) is 3.23. The monoisotopic (exact) mass is 296 g/mol. The largest absolute Gasteiger partial charge is 0.486 e. The smallest absolute Gasteiger partial charge is 0.206 e. The standard InChI is InChI=1S/C12H13F5N2O/c13-7-8(14)10(16)12(11(17)9(7)15)20-6-5-19-3-1-18-2-4-19/h18H,1-6H2. The van der Waals surface area contributed by atoms with Gasteiger partial charge in [-0.05, 0) is 0 Å². The van der Waals surface area contributed by atoms with Gasteiger partial charge in [-0.2, -0.15) is 8.78 Å². The molecule has 3 nitrogen and oxygen atoms in total. The average Bonchev–Trinajstić information content (AvgIpc) is 2.48. The molecule has 2 rings (SSSR count). The van der Waals surface area contributed by atoms with Crippen LogP contribution in [0.1, 0.15) is 0 Å². The second kappa shape index (κ2) is 6.36. The minimum absolute atomic E-state index is 0.154. The number of hydrogen-bond acceptors (Lipinski definition) is 3. The molecule has 1 aromatic rings. The molecule has 20 heavy (non-hydrogen) atoms. The maximum atomic E-state index is 13.3. The Balaban J connectivity index is 2.02. The highest BCUT2D eigenvalue weighted by Crippen LogP contribution is 2.28. The number of halogens is 5. The minimum Gasteiger partial charge on any atom is -0.486 e. The van der Waals surface area contributed by atoms with Crippen molar-refractivity contribution >= 4 is 0 Å². The molecule has 0 saturated carbocycles. The highest BCUT2D eigenvalue weighted by Gasteiger charge is 2.27. The maximum Gasteiger partial charge on any atom is 0.206 e. The van der Waals surface area contributed by atoms with Gasteiger partial charge in [-0.1, -0.05) is 0 Å². The molecule has 1 saturated heterocycles. The molecule has 0 amide bonds. The summed E-state index contributed by atoms with van der Waals surface area (Å²) in [7, 11) is 0. The first-order valence-electron chi connectivity index (χ1n) is 6.09. The van der Waals surface area contributed by atoms with Crippen molar-refractivity contribution in [1.29, 1.82) is 0 Å². The van der Waals surface area contributed by atoms with Crippen molar-refractivity contribution in [1.82, 2.24) is 10.2 Å². The summed E-state index contributed by atoms with van der Waals surface area (Å²) in [4.78, 5) is 1.96. The third-order valence-electron chi connectivity index (χ3n) is 3.03. The van der Waals surface area contributed by atoms with Crippen molar-refractivity contribution < 1.29 is 26.7 Å². The lowest BCUT2D eigenvalue weighted by atomic mass is 10.2. The van der Waals surface area contributed by atoms with E-state index in [4.69, 9.17) is 4.74 Å². The van der Waals surface area contributed by atoms with E-state index < -0.39 is 34.8 Å². The lowest BCUT2D eigenvalue weighted by Gasteiger charge is -2.26. The van der Waals surface area contributed by atoms with Crippen molar-refractivity contribution in [2.24, 2.45) is 0 Å². The van der Waals surface area contributed by atoms with E-state index in [0.717, 1.165) is 26.2 Å². The van der Waals surface area contributed by atoms with Crippen LogP contribution in [0.5, 0.6) is 5.75 Å². The normalized spacial score (nSPS) is 16.4. The molecule has 112 valence electrons. The molecule has 1 N–H and O–H groups in total. The fourth-order valence-electron chi connectivity index (χ4n) is 1.92. The number of nitrogens with zero attached hydrogens (tertiary/aromatic N) is 1. The lowest BCUT2D eigenvalue weighted by molar-refractivity contribution is 0.180. The van der Waals surface area contributed by atoms with Gasteiger partial charge in [-0.15, -0.1) is 0 Å². The Morgan fingerprint density at radius 2 is 1.35 bits per heavy atom. The molecule has 1 heterocycles. The predicted octanol–water partition coefficient (Wildman–Crippen LogP) is 1.67. The first-order chi connectivity index (χ1) is 9.52. The minimum atomic E-state index is -2.19. The van der Waals surface area contributed by atoms with E-state index in [0.29, 0.717) is 6.54 Å². The summed E-state index contributed by atoms with van der Waals surface area (Å²) in [5, 5.41) is 3.12. The van der Waals surface area contributed by atoms with Crippen molar-refractivity contribution in [3.8, 4) is 5.75 Å². The fraction of sp³-hybridized carbons (Fsp3) is 0.500. The van der Waals surface area contributed by atoms with Gasteiger partial charge in [0.1, 0.15) is 6.61 Å². The Morgan fingerprint density at radius 3 is 1.90 bits per heavy atom. The summed E-state index contributed by atoms with van der Waals surface area (Å²) in [6, 6.07) is 0. The van der Waals surface area contributed by atoms with Gasteiger partial charge in [0.15, 0.2) is 5.75 Å². The first kappa shape index (κ1) is 15.0. The van der Waals surface area contributed by atoms with Crippen LogP contribution in [0.15, 0.2) is 0 Å². The molecular formula is C12H13F5N2O. The highest BCUT2D eigenvalue weighted by molar-refractivity contribution is 5.29. The second-order valence-corrected chi connectivity index (χ2v) is 4.34. The predicted molar refractivity (Wildman–Crippen MR) is 61.0 cm³/mol. The molecule has 0 aliphatic carbocycles. The number of hydrogen-bond donors (Lipinski definition) is 1. The number of rotatable bonds is 4. The van der Waals surface area contributed by atoms with Gasteiger partial charge >= 0.3 is 0 Å². The average molecular weight is 296 g/mol. The quantitative estimate of drug-likeness (QED) is 0.520. The summed E-state index contributed by atoms with van der Waals surface area (Å²) in [5.74, 6) is -11.3. The van der Waals surface area contributed by atoms with Gasteiger partial charge in [0.2, 0.25) is 29.1 Å². The number of nitrogens with one attached hydrogen (secondary N) is 1. The van der Waals surface area contributed by atoms with E-state index in [9.17, 15) is 22.0 Å². The van der Waals surface area contributed by atoms with Crippen LogP contribution in [0.3, 0.4) is 0 Å². The van der Waals surface area contributed by atoms with Crippen LogP contribution >= 0.6 is 0 Å². The number of ether oxygens (including phenoxy) is 1. The molecule has 1 aromatic carbocycles. The van der Waals surface area contributed by atoms with E-state index in [-0.39, 0.29) is 6.61 Å². The molecule has 0 radical (unpaired) electrons. The van der Waals surface area contributed by atoms with Gasteiger partial charge < -0.3 is 10.1 Å². The third kappa shape index (κ3) is 3.01. The molecule has 1 fully saturated rings. The molecule has 1 aliphatic heterocycles. The van der Waals surface area contributed by atoms with Gasteiger partial charge in [-0.3, -0.25) is 4.90 Å². The van der Waals surface area contributed by atoms with Crippen molar-refractivity contribution in [3.63, 3.8) is 0 Å². The third-order valence-corrected chi connectivity index (χ3v) is 3.03. The summed E-state index contributed by atoms with van der Waals surface area (Å²) >= 11 is 0. The van der Waals surface area contributed by atoms with E-state index in [2.05, 4.69) is 5.32 Å². The zero-order valence-corrected chi connectivity index (χ0v) is 10.5. The first-order valence-corrected chi connectivity index (χ1v) is 6.09. The topological polar surface area (TPSA) is 24.5 Å². The molecule has 0 atom stereocenters. The van der Waals surface area contributed by atoms with Crippen LogP contribution in [0.4, 0.5) is 22.0 Å². The summed E-state index contributed by atoms with van der Waals surface area (Å²) in [5.41, 5.74) is 0. The lowest BCUT2D eigenvalue weighted by Crippen LogP contribution is -2.44. The Kier molecular flexibility index (Phi) is 4.77. The van der Waals surface area contributed by atoms with E-state index >= 15 is 0 Å². The van der Waals surface area contributed by atoms with Crippen LogP contribution in [0.2, 0.25) is 0 Å². The van der Waals surface area contributed by atoms with Gasteiger partial charge in [0, 0.05) is 32.7 Å². The molecule has 8 heteroatoms. The van der Waals surface area contributed by atoms with Gasteiger partial charge in [0.25, 0.3) is 0 Å². The van der Waals surface area contributed by atoms with E-state index in [1.54, 1.807) is 0 Å². The van der Waals surface area contributed by atoms with E-state index in [1.165, 1.54) is 0 Å². The number of benzene rings is 1. The Labute approximate surface area is 112 Å². The Bertz CT molecular complexity index is 462. The van der Waals surface area contributed by atoms with Crippen LogP contribution in [-0.2, 0) is 0 Å². The second-order valence-electron chi connectivity index (χ2n) is 4.34. The summed E-state index contributed by atoms with van der Waals surface area (Å²) < 4.78 is 70.0. The summed E-state index contributed by atoms with van der Waals surface area (Å²) in [6.07, 6.45) is 0. The Morgan fingerprint density at radius 1 is 0.850 bits per heavy atom. The van der Waals surface area contributed by atoms with Crippen LogP contribution in [-0.4, -0.2) is 44.2 Å². The fourth-order valence-corrected chi connectivity index (χ4v) is 1.92. The highest BCUT2D eigenvalue weighted by atomic mass is 19.2. The van der Waals surface area contributed by atoms with Crippen molar-refractivity contribution in [2.45, 2.75) is 0 Å². The van der Waals surface area contributed by atoms with Crippen molar-refractivity contribution in [2.75, 3.05) is 39.3 Å². The molecule has 0 spiro atoms. The van der Waals surface area contributed by atoms with Crippen molar-refractivity contribution in [3.05, 3.63) is 29.1 Å². The zero-order chi connectivity index (χ0) is 14.7. The van der Waals surface area contributed by atoms with Gasteiger partial charge in [-0.25, -0.2) is 13.2 Å². The SMILES string of the molecule is Fc1c(F)c(F)c(OCCN2CCNCC2)c(F)c1F. The molecular weight excluding hydrogens is 283 g/mol. The Hall–Kier alpha value is -1.41. The van der Waals surface area contributed by atoms with Crippen LogP contribution in [0.25, 0.3) is 0 Å². The molecule has 0 unspecified atom stereocenters.